The van der Waals surface area contributed by atoms with E-state index in [0.29, 0.717) is 6.04 Å². The molecule has 2 rings (SSSR count). The van der Waals surface area contributed by atoms with Crippen LogP contribution in [0.4, 0.5) is 0 Å². The molecule has 0 amide bonds. The lowest BCUT2D eigenvalue weighted by molar-refractivity contribution is 0.295. The predicted octanol–water partition coefficient (Wildman–Crippen LogP) is 4.80. The van der Waals surface area contributed by atoms with Crippen LogP contribution in [0.2, 0.25) is 0 Å². The normalized spacial score (nSPS) is 24.6. The second kappa shape index (κ2) is 7.44. The van der Waals surface area contributed by atoms with Crippen molar-refractivity contribution in [3.8, 4) is 0 Å². The van der Waals surface area contributed by atoms with Crippen LogP contribution in [0.15, 0.2) is 28.7 Å². The molecule has 106 valence electrons. The Kier molecular flexibility index (Phi) is 5.90. The largest absolute Gasteiger partial charge is 0.313 e. The van der Waals surface area contributed by atoms with Gasteiger partial charge in [0.05, 0.1) is 0 Å². The van der Waals surface area contributed by atoms with Gasteiger partial charge in [-0.2, -0.15) is 0 Å². The zero-order valence-electron chi connectivity index (χ0n) is 12.2. The van der Waals surface area contributed by atoms with E-state index in [4.69, 9.17) is 0 Å². The van der Waals surface area contributed by atoms with Crippen LogP contribution in [0.5, 0.6) is 0 Å². The van der Waals surface area contributed by atoms with E-state index in [2.05, 4.69) is 59.4 Å². The van der Waals surface area contributed by atoms with E-state index in [1.807, 2.05) is 0 Å². The lowest BCUT2D eigenvalue weighted by atomic mass is 9.86. The van der Waals surface area contributed by atoms with Crippen molar-refractivity contribution < 1.29 is 0 Å². The lowest BCUT2D eigenvalue weighted by Crippen LogP contribution is -2.39. The van der Waals surface area contributed by atoms with Crippen LogP contribution in [-0.4, -0.2) is 12.6 Å². The number of hydrogen-bond acceptors (Lipinski definition) is 1. The third-order valence-electron chi connectivity index (χ3n) is 4.47. The van der Waals surface area contributed by atoms with Gasteiger partial charge in [0, 0.05) is 10.5 Å². The maximum atomic E-state index is 3.79. The van der Waals surface area contributed by atoms with Crippen molar-refractivity contribution >= 4 is 15.9 Å². The fourth-order valence-corrected chi connectivity index (χ4v) is 3.62. The molecule has 19 heavy (non-hydrogen) atoms. The Labute approximate surface area is 126 Å². The number of hydrogen-bond donors (Lipinski definition) is 1. The molecular formula is C17H26BrN. The van der Waals surface area contributed by atoms with Crippen molar-refractivity contribution in [1.82, 2.24) is 5.32 Å². The Hall–Kier alpha value is -0.340. The van der Waals surface area contributed by atoms with Crippen LogP contribution >= 0.6 is 15.9 Å². The smallest absolute Gasteiger partial charge is 0.0175 e. The van der Waals surface area contributed by atoms with Crippen molar-refractivity contribution in [2.24, 2.45) is 11.8 Å². The van der Waals surface area contributed by atoms with Crippen LogP contribution in [0.1, 0.15) is 45.1 Å². The molecule has 3 unspecified atom stereocenters. The first-order chi connectivity index (χ1) is 9.20. The fraction of sp³-hybridized carbons (Fsp3) is 0.647. The summed E-state index contributed by atoms with van der Waals surface area (Å²) in [5.41, 5.74) is 1.45. The lowest BCUT2D eigenvalue weighted by Gasteiger charge is -2.28. The zero-order valence-corrected chi connectivity index (χ0v) is 13.7. The number of halogens is 1. The van der Waals surface area contributed by atoms with Gasteiger partial charge in [0.15, 0.2) is 0 Å². The molecule has 1 aromatic carbocycles. The molecular weight excluding hydrogens is 298 g/mol. The minimum Gasteiger partial charge on any atom is -0.313 e. The summed E-state index contributed by atoms with van der Waals surface area (Å²) in [6.45, 7) is 5.83. The summed E-state index contributed by atoms with van der Waals surface area (Å²) < 4.78 is 1.17. The van der Waals surface area contributed by atoms with Gasteiger partial charge in [-0.15, -0.1) is 0 Å². The highest BCUT2D eigenvalue weighted by atomic mass is 79.9. The van der Waals surface area contributed by atoms with E-state index in [1.54, 1.807) is 0 Å². The van der Waals surface area contributed by atoms with E-state index in [9.17, 15) is 0 Å². The molecule has 0 aliphatic heterocycles. The van der Waals surface area contributed by atoms with Crippen molar-refractivity contribution in [3.05, 3.63) is 34.3 Å². The van der Waals surface area contributed by atoms with Crippen LogP contribution < -0.4 is 5.32 Å². The van der Waals surface area contributed by atoms with Gasteiger partial charge >= 0.3 is 0 Å². The molecule has 0 saturated heterocycles. The standard InChI is InChI=1S/C17H26BrN/c1-3-11-19-17(16-6-4-5-13(16)2)12-14-7-9-15(18)10-8-14/h7-10,13,16-17,19H,3-6,11-12H2,1-2H3. The van der Waals surface area contributed by atoms with Crippen molar-refractivity contribution in [2.75, 3.05) is 6.54 Å². The average Bonchev–Trinajstić information content (AvgIpc) is 2.83. The summed E-state index contributed by atoms with van der Waals surface area (Å²) in [5, 5.41) is 3.79. The first kappa shape index (κ1) is 15.1. The van der Waals surface area contributed by atoms with Crippen LogP contribution in [0.3, 0.4) is 0 Å². The Morgan fingerprint density at radius 1 is 1.26 bits per heavy atom. The topological polar surface area (TPSA) is 12.0 Å². The molecule has 1 aromatic rings. The van der Waals surface area contributed by atoms with Crippen LogP contribution in [-0.2, 0) is 6.42 Å². The molecule has 0 heterocycles. The Balaban J connectivity index is 2.02. The molecule has 1 N–H and O–H groups in total. The van der Waals surface area contributed by atoms with Crippen LogP contribution in [0.25, 0.3) is 0 Å². The molecule has 0 aromatic heterocycles. The zero-order chi connectivity index (χ0) is 13.7. The summed E-state index contributed by atoms with van der Waals surface area (Å²) in [5.74, 6) is 1.74. The fourth-order valence-electron chi connectivity index (χ4n) is 3.35. The van der Waals surface area contributed by atoms with E-state index in [1.165, 1.54) is 42.1 Å². The van der Waals surface area contributed by atoms with Crippen LogP contribution in [0, 0.1) is 11.8 Å². The summed E-state index contributed by atoms with van der Waals surface area (Å²) in [6, 6.07) is 9.47. The highest BCUT2D eigenvalue weighted by Gasteiger charge is 2.30. The molecule has 0 radical (unpaired) electrons. The Morgan fingerprint density at radius 3 is 2.58 bits per heavy atom. The average molecular weight is 324 g/mol. The monoisotopic (exact) mass is 323 g/mol. The van der Waals surface area contributed by atoms with Crippen molar-refractivity contribution in [1.29, 1.82) is 0 Å². The maximum absolute atomic E-state index is 3.79. The summed E-state index contributed by atoms with van der Waals surface area (Å²) in [4.78, 5) is 0. The highest BCUT2D eigenvalue weighted by Crippen LogP contribution is 2.34. The molecule has 1 aliphatic carbocycles. The van der Waals surface area contributed by atoms with Gasteiger partial charge < -0.3 is 5.32 Å². The van der Waals surface area contributed by atoms with Crippen molar-refractivity contribution in [3.63, 3.8) is 0 Å². The Morgan fingerprint density at radius 2 is 2.00 bits per heavy atom. The maximum Gasteiger partial charge on any atom is 0.0175 e. The van der Waals surface area contributed by atoms with Crippen molar-refractivity contribution in [2.45, 2.75) is 52.0 Å². The van der Waals surface area contributed by atoms with Gasteiger partial charge in [0.2, 0.25) is 0 Å². The van der Waals surface area contributed by atoms with Gasteiger partial charge in [-0.25, -0.2) is 0 Å². The molecule has 1 nitrogen and oxygen atoms in total. The molecule has 2 heteroatoms. The number of nitrogens with one attached hydrogen (secondary N) is 1. The van der Waals surface area contributed by atoms with Gasteiger partial charge in [0.1, 0.15) is 0 Å². The minimum atomic E-state index is 0.652. The third kappa shape index (κ3) is 4.32. The first-order valence-corrected chi connectivity index (χ1v) is 8.47. The Bertz CT molecular complexity index is 373. The highest BCUT2D eigenvalue weighted by molar-refractivity contribution is 9.10. The van der Waals surface area contributed by atoms with E-state index in [-0.39, 0.29) is 0 Å². The predicted molar refractivity (Wildman–Crippen MR) is 86.4 cm³/mol. The molecule has 0 spiro atoms. The summed E-state index contributed by atoms with van der Waals surface area (Å²) in [6.07, 6.45) is 6.62. The van der Waals surface area contributed by atoms with Gasteiger partial charge in [-0.05, 0) is 55.3 Å². The second-order valence-corrected chi connectivity index (χ2v) is 6.88. The number of benzene rings is 1. The van der Waals surface area contributed by atoms with Gasteiger partial charge in [0.25, 0.3) is 0 Å². The minimum absolute atomic E-state index is 0.652. The van der Waals surface area contributed by atoms with E-state index < -0.39 is 0 Å². The molecule has 0 bridgehead atoms. The summed E-state index contributed by atoms with van der Waals surface area (Å²) in [7, 11) is 0. The van der Waals surface area contributed by atoms with Gasteiger partial charge in [-0.3, -0.25) is 0 Å². The SMILES string of the molecule is CCCNC(Cc1ccc(Br)cc1)C1CCCC1C. The molecule has 1 saturated carbocycles. The van der Waals surface area contributed by atoms with Gasteiger partial charge in [-0.1, -0.05) is 54.8 Å². The summed E-state index contributed by atoms with van der Waals surface area (Å²) >= 11 is 3.51. The quantitative estimate of drug-likeness (QED) is 0.793. The third-order valence-corrected chi connectivity index (χ3v) is 5.00. The van der Waals surface area contributed by atoms with E-state index >= 15 is 0 Å². The molecule has 1 fully saturated rings. The second-order valence-electron chi connectivity index (χ2n) is 5.96. The molecule has 3 atom stereocenters. The molecule has 1 aliphatic rings. The first-order valence-electron chi connectivity index (χ1n) is 7.68. The number of rotatable bonds is 6. The van der Waals surface area contributed by atoms with E-state index in [0.717, 1.165) is 18.4 Å².